The zero-order chi connectivity index (χ0) is 27.2. The quantitative estimate of drug-likeness (QED) is 0.280. The molecule has 0 fully saturated rings. The molecule has 0 heterocycles. The van der Waals surface area contributed by atoms with Crippen LogP contribution >= 0.6 is 0 Å². The summed E-state index contributed by atoms with van der Waals surface area (Å²) in [6.45, 7) is 6.23. The molecular formula is C30H29NO6. The van der Waals surface area contributed by atoms with E-state index in [1.165, 1.54) is 42.5 Å². The normalized spacial score (nSPS) is 11.6. The van der Waals surface area contributed by atoms with Crippen molar-refractivity contribution in [2.45, 2.75) is 32.6 Å². The maximum Gasteiger partial charge on any atom is 0.305 e. The summed E-state index contributed by atoms with van der Waals surface area (Å²) in [5.41, 5.74) is 2.58. The number of carboxylic acids is 1. The number of carboxylic acid groups (broad SMARTS) is 1. The second kappa shape index (κ2) is 11.5. The third kappa shape index (κ3) is 7.24. The molecule has 0 aliphatic rings. The Morgan fingerprint density at radius 2 is 1.27 bits per heavy atom. The number of hydrogen-bond acceptors (Lipinski definition) is 5. The lowest BCUT2D eigenvalue weighted by molar-refractivity contribution is -0.136. The highest BCUT2D eigenvalue weighted by Crippen LogP contribution is 2.25. The zero-order valence-electron chi connectivity index (χ0n) is 20.9. The molecule has 7 heteroatoms. The molecule has 3 N–H and O–H groups in total. The van der Waals surface area contributed by atoms with Crippen molar-refractivity contribution >= 4 is 29.0 Å². The SMILES string of the molecule is CC(C)(C)c1ccc(C(=O)/C=C(\C(=O)c2ccc(C(=O)NCCC(=O)O)cc2)c2ccc(O)cc2)cc1. The molecule has 3 rings (SSSR count). The molecule has 0 radical (unpaired) electrons. The first kappa shape index (κ1) is 27.1. The van der Waals surface area contributed by atoms with Crippen LogP contribution in [0.4, 0.5) is 0 Å². The predicted molar refractivity (Wildman–Crippen MR) is 141 cm³/mol. The number of phenols is 1. The van der Waals surface area contributed by atoms with E-state index in [2.05, 4.69) is 26.1 Å². The number of carbonyl (C=O) groups excluding carboxylic acids is 3. The number of rotatable bonds is 9. The molecule has 3 aromatic carbocycles. The van der Waals surface area contributed by atoms with Crippen molar-refractivity contribution in [3.63, 3.8) is 0 Å². The Hall–Kier alpha value is -4.52. The first-order chi connectivity index (χ1) is 17.5. The molecule has 37 heavy (non-hydrogen) atoms. The van der Waals surface area contributed by atoms with Crippen LogP contribution in [0.5, 0.6) is 5.75 Å². The number of carbonyl (C=O) groups is 4. The van der Waals surface area contributed by atoms with E-state index in [-0.39, 0.29) is 46.6 Å². The van der Waals surface area contributed by atoms with Crippen molar-refractivity contribution in [2.24, 2.45) is 0 Å². The van der Waals surface area contributed by atoms with Gasteiger partial charge in [-0.3, -0.25) is 19.2 Å². The molecule has 0 saturated carbocycles. The van der Waals surface area contributed by atoms with Crippen molar-refractivity contribution in [1.82, 2.24) is 5.32 Å². The molecule has 0 atom stereocenters. The number of phenolic OH excluding ortho intramolecular Hbond substituents is 1. The topological polar surface area (TPSA) is 121 Å². The molecular weight excluding hydrogens is 470 g/mol. The Bertz CT molecular complexity index is 1330. The molecule has 0 aromatic heterocycles. The summed E-state index contributed by atoms with van der Waals surface area (Å²) in [6, 6.07) is 19.1. The minimum atomic E-state index is -1.02. The lowest BCUT2D eigenvalue weighted by atomic mass is 9.86. The fraction of sp³-hybridized carbons (Fsp3) is 0.200. The van der Waals surface area contributed by atoms with Crippen LogP contribution in [0.3, 0.4) is 0 Å². The molecule has 3 aromatic rings. The van der Waals surface area contributed by atoms with Gasteiger partial charge < -0.3 is 15.5 Å². The monoisotopic (exact) mass is 499 g/mol. The Labute approximate surface area is 215 Å². The van der Waals surface area contributed by atoms with Gasteiger partial charge in [0.1, 0.15) is 5.75 Å². The van der Waals surface area contributed by atoms with E-state index < -0.39 is 17.7 Å². The Balaban J connectivity index is 1.90. The van der Waals surface area contributed by atoms with Crippen molar-refractivity contribution < 1.29 is 29.4 Å². The van der Waals surface area contributed by atoms with Crippen LogP contribution in [0.1, 0.15) is 69.4 Å². The third-order valence-electron chi connectivity index (χ3n) is 5.77. The number of ketones is 2. The fourth-order valence-corrected chi connectivity index (χ4v) is 3.58. The standard InChI is InChI=1S/C30H29NO6/c1-30(2,3)23-12-8-20(9-13-23)26(33)18-25(19-10-14-24(32)15-11-19)28(36)21-4-6-22(7-5-21)29(37)31-17-16-27(34)35/h4-15,18,32H,16-17H2,1-3H3,(H,31,37)(H,34,35)/b25-18-. The lowest BCUT2D eigenvalue weighted by Crippen LogP contribution is -2.26. The molecule has 0 unspecified atom stereocenters. The van der Waals surface area contributed by atoms with Gasteiger partial charge in [-0.05, 0) is 46.9 Å². The average Bonchev–Trinajstić information content (AvgIpc) is 2.87. The summed E-state index contributed by atoms with van der Waals surface area (Å²) < 4.78 is 0. The minimum absolute atomic E-state index is 0.0125. The van der Waals surface area contributed by atoms with Gasteiger partial charge in [-0.25, -0.2) is 0 Å². The molecule has 190 valence electrons. The molecule has 1 amide bonds. The molecule has 0 spiro atoms. The van der Waals surface area contributed by atoms with E-state index in [1.807, 2.05) is 12.1 Å². The summed E-state index contributed by atoms with van der Waals surface area (Å²) in [5, 5.41) is 20.9. The third-order valence-corrected chi connectivity index (χ3v) is 5.77. The number of Topliss-reactive ketones (excluding diaryl/α,β-unsaturated/α-hetero) is 1. The van der Waals surface area contributed by atoms with Crippen molar-refractivity contribution in [2.75, 3.05) is 6.54 Å². The van der Waals surface area contributed by atoms with E-state index >= 15 is 0 Å². The van der Waals surface area contributed by atoms with Crippen LogP contribution in [0.2, 0.25) is 0 Å². The van der Waals surface area contributed by atoms with Crippen LogP contribution in [0.25, 0.3) is 5.57 Å². The van der Waals surface area contributed by atoms with Gasteiger partial charge in [0.25, 0.3) is 5.91 Å². The second-order valence-electron chi connectivity index (χ2n) is 9.60. The van der Waals surface area contributed by atoms with Crippen LogP contribution in [-0.2, 0) is 10.2 Å². The van der Waals surface area contributed by atoms with E-state index in [1.54, 1.807) is 24.3 Å². The van der Waals surface area contributed by atoms with E-state index in [0.29, 0.717) is 11.1 Å². The van der Waals surface area contributed by atoms with Gasteiger partial charge >= 0.3 is 5.97 Å². The van der Waals surface area contributed by atoms with E-state index in [4.69, 9.17) is 5.11 Å². The summed E-state index contributed by atoms with van der Waals surface area (Å²) in [6.07, 6.45) is 1.09. The lowest BCUT2D eigenvalue weighted by Gasteiger charge is -2.18. The number of nitrogens with one attached hydrogen (secondary N) is 1. The van der Waals surface area contributed by atoms with Crippen LogP contribution < -0.4 is 5.32 Å². The van der Waals surface area contributed by atoms with Crippen molar-refractivity contribution in [3.8, 4) is 5.75 Å². The highest BCUT2D eigenvalue weighted by molar-refractivity contribution is 6.32. The van der Waals surface area contributed by atoms with E-state index in [9.17, 15) is 24.3 Å². The minimum Gasteiger partial charge on any atom is -0.508 e. The van der Waals surface area contributed by atoms with E-state index in [0.717, 1.165) is 5.56 Å². The number of benzene rings is 3. The number of allylic oxidation sites excluding steroid dienone is 2. The summed E-state index contributed by atoms with van der Waals surface area (Å²) >= 11 is 0. The van der Waals surface area contributed by atoms with Gasteiger partial charge in [0.2, 0.25) is 0 Å². The largest absolute Gasteiger partial charge is 0.508 e. The first-order valence-electron chi connectivity index (χ1n) is 11.8. The van der Waals surface area contributed by atoms with Gasteiger partial charge in [-0.2, -0.15) is 0 Å². The fourth-order valence-electron chi connectivity index (χ4n) is 3.58. The summed E-state index contributed by atoms with van der Waals surface area (Å²) in [5.74, 6) is -2.22. The Kier molecular flexibility index (Phi) is 8.40. The Morgan fingerprint density at radius 1 is 0.757 bits per heavy atom. The van der Waals surface area contributed by atoms with Gasteiger partial charge in [0.05, 0.1) is 6.42 Å². The average molecular weight is 500 g/mol. The van der Waals surface area contributed by atoms with Gasteiger partial charge in [0, 0.05) is 28.8 Å². The first-order valence-corrected chi connectivity index (χ1v) is 11.8. The Morgan fingerprint density at radius 3 is 1.81 bits per heavy atom. The number of hydrogen-bond donors (Lipinski definition) is 3. The molecule has 0 aliphatic heterocycles. The number of aliphatic carboxylic acids is 1. The highest BCUT2D eigenvalue weighted by atomic mass is 16.4. The molecule has 0 bridgehead atoms. The smallest absolute Gasteiger partial charge is 0.305 e. The molecule has 0 saturated heterocycles. The number of amides is 1. The summed E-state index contributed by atoms with van der Waals surface area (Å²) in [4.78, 5) is 49.4. The van der Waals surface area contributed by atoms with Gasteiger partial charge in [0.15, 0.2) is 11.6 Å². The van der Waals surface area contributed by atoms with Crippen LogP contribution in [0, 0.1) is 0 Å². The zero-order valence-corrected chi connectivity index (χ0v) is 20.9. The van der Waals surface area contributed by atoms with Crippen LogP contribution in [0.15, 0.2) is 78.9 Å². The number of aromatic hydroxyl groups is 1. The maximum atomic E-state index is 13.5. The van der Waals surface area contributed by atoms with Gasteiger partial charge in [-0.15, -0.1) is 0 Å². The van der Waals surface area contributed by atoms with Gasteiger partial charge in [-0.1, -0.05) is 69.3 Å². The maximum absolute atomic E-state index is 13.5. The second-order valence-corrected chi connectivity index (χ2v) is 9.60. The van der Waals surface area contributed by atoms with Crippen molar-refractivity contribution in [3.05, 3.63) is 107 Å². The summed E-state index contributed by atoms with van der Waals surface area (Å²) in [7, 11) is 0. The molecule has 7 nitrogen and oxygen atoms in total. The van der Waals surface area contributed by atoms with Crippen molar-refractivity contribution in [1.29, 1.82) is 0 Å². The van der Waals surface area contributed by atoms with Crippen LogP contribution in [-0.4, -0.2) is 40.2 Å². The molecule has 0 aliphatic carbocycles. The predicted octanol–water partition coefficient (Wildman–Crippen LogP) is 5.04. The highest BCUT2D eigenvalue weighted by Gasteiger charge is 2.19.